The van der Waals surface area contributed by atoms with Crippen molar-refractivity contribution in [2.75, 3.05) is 6.54 Å². The molecule has 0 aliphatic carbocycles. The van der Waals surface area contributed by atoms with Crippen molar-refractivity contribution in [2.45, 2.75) is 29.9 Å². The maximum absolute atomic E-state index is 12.8. The van der Waals surface area contributed by atoms with E-state index in [0.717, 1.165) is 14.9 Å². The maximum Gasteiger partial charge on any atom is 0.233 e. The van der Waals surface area contributed by atoms with Crippen molar-refractivity contribution in [1.82, 2.24) is 15.5 Å². The SMILES string of the molecule is Cc1nnc(S[C@@H](C)C(=O)NCCc2ccc(F)cc2)s1. The van der Waals surface area contributed by atoms with Gasteiger partial charge in [-0.1, -0.05) is 35.2 Å². The second kappa shape index (κ2) is 7.51. The van der Waals surface area contributed by atoms with E-state index in [0.29, 0.717) is 13.0 Å². The first-order chi connectivity index (χ1) is 10.0. The van der Waals surface area contributed by atoms with Crippen LogP contribution in [0.3, 0.4) is 0 Å². The molecule has 0 aliphatic rings. The van der Waals surface area contributed by atoms with Gasteiger partial charge < -0.3 is 5.32 Å². The van der Waals surface area contributed by atoms with Gasteiger partial charge in [-0.3, -0.25) is 4.79 Å². The van der Waals surface area contributed by atoms with E-state index in [-0.39, 0.29) is 17.0 Å². The van der Waals surface area contributed by atoms with Crippen molar-refractivity contribution in [1.29, 1.82) is 0 Å². The van der Waals surface area contributed by atoms with Gasteiger partial charge in [-0.15, -0.1) is 10.2 Å². The molecule has 1 N–H and O–H groups in total. The fourth-order valence-electron chi connectivity index (χ4n) is 1.66. The molecular formula is C14H16FN3OS2. The number of halogens is 1. The molecule has 1 aromatic heterocycles. The largest absolute Gasteiger partial charge is 0.355 e. The number of aromatic nitrogens is 2. The molecule has 4 nitrogen and oxygen atoms in total. The third kappa shape index (κ3) is 5.09. The molecule has 0 saturated carbocycles. The lowest BCUT2D eigenvalue weighted by molar-refractivity contribution is -0.120. The van der Waals surface area contributed by atoms with Crippen LogP contribution in [0.15, 0.2) is 28.6 Å². The number of carbonyl (C=O) groups excluding carboxylic acids is 1. The summed E-state index contributed by atoms with van der Waals surface area (Å²) < 4.78 is 13.6. The van der Waals surface area contributed by atoms with E-state index in [4.69, 9.17) is 0 Å². The van der Waals surface area contributed by atoms with Crippen LogP contribution in [0.5, 0.6) is 0 Å². The average Bonchev–Trinajstić information content (AvgIpc) is 2.86. The number of hydrogen-bond acceptors (Lipinski definition) is 5. The summed E-state index contributed by atoms with van der Waals surface area (Å²) in [4.78, 5) is 12.0. The van der Waals surface area contributed by atoms with Gasteiger partial charge >= 0.3 is 0 Å². The Bertz CT molecular complexity index is 601. The number of aryl methyl sites for hydroxylation is 1. The topological polar surface area (TPSA) is 54.9 Å². The summed E-state index contributed by atoms with van der Waals surface area (Å²) in [5, 5.41) is 11.5. The van der Waals surface area contributed by atoms with Gasteiger partial charge in [0, 0.05) is 6.54 Å². The predicted molar refractivity (Wildman–Crippen MR) is 83.1 cm³/mol. The predicted octanol–water partition coefficient (Wildman–Crippen LogP) is 2.83. The van der Waals surface area contributed by atoms with Gasteiger partial charge in [-0.25, -0.2) is 4.39 Å². The number of thioether (sulfide) groups is 1. The van der Waals surface area contributed by atoms with E-state index < -0.39 is 0 Å². The molecule has 0 unspecified atom stereocenters. The minimum absolute atomic E-state index is 0.0324. The summed E-state index contributed by atoms with van der Waals surface area (Å²) in [5.41, 5.74) is 0.997. The monoisotopic (exact) mass is 325 g/mol. The fourth-order valence-corrected chi connectivity index (χ4v) is 3.64. The zero-order chi connectivity index (χ0) is 15.2. The van der Waals surface area contributed by atoms with Crippen LogP contribution in [0.2, 0.25) is 0 Å². The van der Waals surface area contributed by atoms with Crippen LogP contribution >= 0.6 is 23.1 Å². The zero-order valence-corrected chi connectivity index (χ0v) is 13.4. The average molecular weight is 325 g/mol. The van der Waals surface area contributed by atoms with Gasteiger partial charge in [0.25, 0.3) is 0 Å². The highest BCUT2D eigenvalue weighted by atomic mass is 32.2. The quantitative estimate of drug-likeness (QED) is 0.830. The fraction of sp³-hybridized carbons (Fsp3) is 0.357. The smallest absolute Gasteiger partial charge is 0.233 e. The zero-order valence-electron chi connectivity index (χ0n) is 11.8. The summed E-state index contributed by atoms with van der Waals surface area (Å²) in [5.74, 6) is -0.282. The van der Waals surface area contributed by atoms with E-state index in [1.165, 1.54) is 35.2 Å². The van der Waals surface area contributed by atoms with Gasteiger partial charge in [0.15, 0.2) is 4.34 Å². The first kappa shape index (κ1) is 15.9. The number of benzene rings is 1. The Balaban J connectivity index is 1.74. The molecule has 1 heterocycles. The van der Waals surface area contributed by atoms with Crippen molar-refractivity contribution in [3.05, 3.63) is 40.7 Å². The highest BCUT2D eigenvalue weighted by Crippen LogP contribution is 2.26. The molecule has 2 aromatic rings. The Morgan fingerprint density at radius 3 is 2.71 bits per heavy atom. The van der Waals surface area contributed by atoms with Crippen LogP contribution in [-0.2, 0) is 11.2 Å². The Kier molecular flexibility index (Phi) is 5.69. The standard InChI is InChI=1S/C14H16FN3OS2/c1-9(20-14-18-17-10(2)21-14)13(19)16-8-7-11-3-5-12(15)6-4-11/h3-6,9H,7-8H2,1-2H3,(H,16,19)/t9-/m0/s1. The lowest BCUT2D eigenvalue weighted by atomic mass is 10.1. The first-order valence-corrected chi connectivity index (χ1v) is 8.23. The molecule has 7 heteroatoms. The van der Waals surface area contributed by atoms with E-state index >= 15 is 0 Å². The Morgan fingerprint density at radius 2 is 2.10 bits per heavy atom. The molecule has 0 bridgehead atoms. The summed E-state index contributed by atoms with van der Waals surface area (Å²) in [6, 6.07) is 6.30. The lowest BCUT2D eigenvalue weighted by Crippen LogP contribution is -2.32. The van der Waals surface area contributed by atoms with Crippen LogP contribution < -0.4 is 5.32 Å². The molecule has 0 aliphatic heterocycles. The summed E-state index contributed by atoms with van der Waals surface area (Å²) in [7, 11) is 0. The Labute approximate surface area is 131 Å². The van der Waals surface area contributed by atoms with Gasteiger partial charge in [-0.05, 0) is 38.0 Å². The van der Waals surface area contributed by atoms with E-state index in [9.17, 15) is 9.18 Å². The van der Waals surface area contributed by atoms with E-state index in [1.807, 2.05) is 13.8 Å². The normalized spacial score (nSPS) is 12.1. The molecule has 21 heavy (non-hydrogen) atoms. The molecule has 0 spiro atoms. The van der Waals surface area contributed by atoms with Gasteiger partial charge in [0.05, 0.1) is 5.25 Å². The van der Waals surface area contributed by atoms with Crippen molar-refractivity contribution in [3.63, 3.8) is 0 Å². The molecule has 0 fully saturated rings. The molecule has 0 saturated heterocycles. The Morgan fingerprint density at radius 1 is 1.38 bits per heavy atom. The highest BCUT2D eigenvalue weighted by Gasteiger charge is 2.16. The van der Waals surface area contributed by atoms with Crippen molar-refractivity contribution < 1.29 is 9.18 Å². The van der Waals surface area contributed by atoms with Crippen molar-refractivity contribution in [2.24, 2.45) is 0 Å². The summed E-state index contributed by atoms with van der Waals surface area (Å²) >= 11 is 2.88. The second-order valence-electron chi connectivity index (χ2n) is 4.51. The molecule has 0 radical (unpaired) electrons. The lowest BCUT2D eigenvalue weighted by Gasteiger charge is -2.10. The van der Waals surface area contributed by atoms with Crippen LogP contribution in [-0.4, -0.2) is 27.9 Å². The number of hydrogen-bond donors (Lipinski definition) is 1. The highest BCUT2D eigenvalue weighted by molar-refractivity contribution is 8.02. The summed E-state index contributed by atoms with van der Waals surface area (Å²) in [6.07, 6.45) is 0.682. The van der Waals surface area contributed by atoms with Gasteiger partial charge in [0.1, 0.15) is 10.8 Å². The maximum atomic E-state index is 12.8. The van der Waals surface area contributed by atoms with Crippen LogP contribution in [0.25, 0.3) is 0 Å². The third-order valence-electron chi connectivity index (χ3n) is 2.78. The summed E-state index contributed by atoms with van der Waals surface area (Å²) in [6.45, 7) is 4.26. The molecule has 112 valence electrons. The third-order valence-corrected chi connectivity index (χ3v) is 4.80. The van der Waals surface area contributed by atoms with Crippen LogP contribution in [0.4, 0.5) is 4.39 Å². The number of amides is 1. The Hall–Kier alpha value is -1.47. The van der Waals surface area contributed by atoms with Crippen LogP contribution in [0.1, 0.15) is 17.5 Å². The van der Waals surface area contributed by atoms with E-state index in [2.05, 4.69) is 15.5 Å². The van der Waals surface area contributed by atoms with Gasteiger partial charge in [0.2, 0.25) is 5.91 Å². The molecule has 1 amide bonds. The number of rotatable bonds is 6. The molecular weight excluding hydrogens is 309 g/mol. The van der Waals surface area contributed by atoms with Crippen LogP contribution in [0, 0.1) is 12.7 Å². The van der Waals surface area contributed by atoms with Gasteiger partial charge in [-0.2, -0.15) is 0 Å². The second-order valence-corrected chi connectivity index (χ2v) is 7.28. The number of nitrogens with one attached hydrogen (secondary N) is 1. The number of carbonyl (C=O) groups is 1. The molecule has 1 aromatic carbocycles. The van der Waals surface area contributed by atoms with Crippen molar-refractivity contribution >= 4 is 29.0 Å². The van der Waals surface area contributed by atoms with E-state index in [1.54, 1.807) is 12.1 Å². The van der Waals surface area contributed by atoms with Crippen molar-refractivity contribution in [3.8, 4) is 0 Å². The minimum Gasteiger partial charge on any atom is -0.355 e. The molecule has 1 atom stereocenters. The first-order valence-electron chi connectivity index (χ1n) is 6.53. The number of nitrogens with zero attached hydrogens (tertiary/aromatic N) is 2. The molecule has 2 rings (SSSR count). The minimum atomic E-state index is -0.250.